The summed E-state index contributed by atoms with van der Waals surface area (Å²) in [5, 5.41) is 8.45. The van der Waals surface area contributed by atoms with E-state index in [2.05, 4.69) is 15.0 Å². The Kier molecular flexibility index (Phi) is 3.73. The number of nitrogens with zero attached hydrogens (tertiary/aromatic N) is 3. The molecule has 1 aromatic carbocycles. The molecule has 1 aromatic heterocycles. The van der Waals surface area contributed by atoms with E-state index in [9.17, 15) is 8.42 Å². The Morgan fingerprint density at radius 1 is 1.43 bits per heavy atom. The number of sulfonamides is 1. The first kappa shape index (κ1) is 14.5. The third kappa shape index (κ3) is 3.25. The van der Waals surface area contributed by atoms with E-state index in [1.165, 1.54) is 0 Å². The summed E-state index contributed by atoms with van der Waals surface area (Å²) in [5.74, 6) is 0. The fourth-order valence-electron chi connectivity index (χ4n) is 2.04. The van der Waals surface area contributed by atoms with Crippen LogP contribution in [-0.4, -0.2) is 28.7 Å². The van der Waals surface area contributed by atoms with Gasteiger partial charge in [0.1, 0.15) is 0 Å². The molecular formula is C13H15ClN4O2S. The molecule has 0 spiro atoms. The summed E-state index contributed by atoms with van der Waals surface area (Å²) >= 11 is 5.92. The molecular weight excluding hydrogens is 312 g/mol. The minimum atomic E-state index is -3.20. The van der Waals surface area contributed by atoms with E-state index < -0.39 is 10.0 Å². The van der Waals surface area contributed by atoms with Crippen molar-refractivity contribution >= 4 is 21.6 Å². The van der Waals surface area contributed by atoms with E-state index in [-0.39, 0.29) is 11.8 Å². The highest BCUT2D eigenvalue weighted by atomic mass is 35.5. The van der Waals surface area contributed by atoms with Gasteiger partial charge in [-0.1, -0.05) is 16.8 Å². The molecule has 1 N–H and O–H groups in total. The van der Waals surface area contributed by atoms with Gasteiger partial charge in [-0.05, 0) is 43.5 Å². The SMILES string of the molecule is Cc1cc(Cl)ccc1-n1cc(CNS(=O)(=O)C2CC2)nn1. The molecule has 0 atom stereocenters. The fourth-order valence-corrected chi connectivity index (χ4v) is 3.61. The summed E-state index contributed by atoms with van der Waals surface area (Å²) in [7, 11) is -3.20. The highest BCUT2D eigenvalue weighted by Gasteiger charge is 2.35. The second kappa shape index (κ2) is 5.40. The summed E-state index contributed by atoms with van der Waals surface area (Å²) in [4.78, 5) is 0. The molecule has 0 bridgehead atoms. The lowest BCUT2D eigenvalue weighted by Gasteiger charge is -2.04. The van der Waals surface area contributed by atoms with Crippen molar-refractivity contribution in [3.05, 3.63) is 40.7 Å². The largest absolute Gasteiger partial charge is 0.220 e. The van der Waals surface area contributed by atoms with Crippen LogP contribution in [-0.2, 0) is 16.6 Å². The molecule has 0 amide bonds. The minimum Gasteiger partial charge on any atom is -0.220 e. The number of halogens is 1. The first-order valence-corrected chi connectivity index (χ1v) is 8.54. The number of aryl methyl sites for hydroxylation is 1. The van der Waals surface area contributed by atoms with Crippen molar-refractivity contribution in [1.29, 1.82) is 0 Å². The van der Waals surface area contributed by atoms with Gasteiger partial charge in [0.05, 0.1) is 29.4 Å². The zero-order valence-corrected chi connectivity index (χ0v) is 13.0. The van der Waals surface area contributed by atoms with Crippen molar-refractivity contribution < 1.29 is 8.42 Å². The third-order valence-electron chi connectivity index (χ3n) is 3.36. The van der Waals surface area contributed by atoms with Crippen LogP contribution in [0.5, 0.6) is 0 Å². The predicted octanol–water partition coefficient (Wildman–Crippen LogP) is 1.81. The maximum absolute atomic E-state index is 11.8. The summed E-state index contributed by atoms with van der Waals surface area (Å²) < 4.78 is 27.7. The number of aromatic nitrogens is 3. The molecule has 0 aliphatic heterocycles. The van der Waals surface area contributed by atoms with Crippen LogP contribution in [0.15, 0.2) is 24.4 Å². The van der Waals surface area contributed by atoms with Gasteiger partial charge in [0.2, 0.25) is 10.0 Å². The highest BCUT2D eigenvalue weighted by Crippen LogP contribution is 2.27. The van der Waals surface area contributed by atoms with Gasteiger partial charge in [-0.2, -0.15) is 0 Å². The molecule has 0 saturated heterocycles. The normalized spacial score (nSPS) is 15.3. The molecule has 112 valence electrons. The molecule has 6 nitrogen and oxygen atoms in total. The van der Waals surface area contributed by atoms with Crippen molar-refractivity contribution in [2.24, 2.45) is 0 Å². The smallest absolute Gasteiger partial charge is 0.214 e. The van der Waals surface area contributed by atoms with E-state index in [1.54, 1.807) is 16.9 Å². The molecule has 21 heavy (non-hydrogen) atoms. The maximum Gasteiger partial charge on any atom is 0.214 e. The lowest BCUT2D eigenvalue weighted by atomic mass is 10.2. The van der Waals surface area contributed by atoms with Crippen molar-refractivity contribution in [2.45, 2.75) is 31.6 Å². The molecule has 1 fully saturated rings. The van der Waals surface area contributed by atoms with Gasteiger partial charge in [-0.25, -0.2) is 17.8 Å². The Balaban J connectivity index is 1.74. The first-order valence-electron chi connectivity index (χ1n) is 6.62. The predicted molar refractivity (Wildman–Crippen MR) is 79.9 cm³/mol. The lowest BCUT2D eigenvalue weighted by Crippen LogP contribution is -2.26. The summed E-state index contributed by atoms with van der Waals surface area (Å²) in [6, 6.07) is 5.47. The van der Waals surface area contributed by atoms with Crippen molar-refractivity contribution in [2.75, 3.05) is 0 Å². The summed E-state index contributed by atoms with van der Waals surface area (Å²) in [5.41, 5.74) is 2.41. The van der Waals surface area contributed by atoms with Crippen LogP contribution in [0.1, 0.15) is 24.1 Å². The van der Waals surface area contributed by atoms with E-state index in [0.717, 1.165) is 24.1 Å². The maximum atomic E-state index is 11.8. The quantitative estimate of drug-likeness (QED) is 0.909. The average Bonchev–Trinajstić information content (AvgIpc) is 3.18. The highest BCUT2D eigenvalue weighted by molar-refractivity contribution is 7.90. The van der Waals surface area contributed by atoms with Gasteiger partial charge in [-0.15, -0.1) is 5.10 Å². The molecule has 1 heterocycles. The lowest BCUT2D eigenvalue weighted by molar-refractivity contribution is 0.579. The standard InChI is InChI=1S/C13H15ClN4O2S/c1-9-6-10(14)2-5-13(9)18-8-11(16-17-18)7-15-21(19,20)12-3-4-12/h2,5-6,8,12,15H,3-4,7H2,1H3. The Labute approximate surface area is 128 Å². The molecule has 3 rings (SSSR count). The Morgan fingerprint density at radius 3 is 2.86 bits per heavy atom. The molecule has 2 aromatic rings. The summed E-state index contributed by atoms with van der Waals surface area (Å²) in [6.45, 7) is 2.09. The van der Waals surface area contributed by atoms with E-state index in [0.29, 0.717) is 10.7 Å². The molecule has 1 aliphatic carbocycles. The molecule has 0 unspecified atom stereocenters. The molecule has 1 saturated carbocycles. The number of hydrogen-bond acceptors (Lipinski definition) is 4. The topological polar surface area (TPSA) is 76.9 Å². The van der Waals surface area contributed by atoms with Crippen molar-refractivity contribution in [1.82, 2.24) is 19.7 Å². The minimum absolute atomic E-state index is 0.158. The van der Waals surface area contributed by atoms with Crippen LogP contribution in [0, 0.1) is 6.92 Å². The molecule has 8 heteroatoms. The second-order valence-electron chi connectivity index (χ2n) is 5.15. The van der Waals surface area contributed by atoms with Crippen LogP contribution in [0.3, 0.4) is 0 Å². The van der Waals surface area contributed by atoms with Crippen molar-refractivity contribution in [3.8, 4) is 5.69 Å². The zero-order chi connectivity index (χ0) is 15.0. The third-order valence-corrected chi connectivity index (χ3v) is 5.50. The monoisotopic (exact) mass is 326 g/mol. The van der Waals surface area contributed by atoms with Gasteiger partial charge >= 0.3 is 0 Å². The van der Waals surface area contributed by atoms with Crippen LogP contribution < -0.4 is 4.72 Å². The van der Waals surface area contributed by atoms with Gasteiger partial charge in [0.15, 0.2) is 0 Å². The average molecular weight is 327 g/mol. The number of nitrogens with one attached hydrogen (secondary N) is 1. The number of benzene rings is 1. The number of rotatable bonds is 5. The van der Waals surface area contributed by atoms with E-state index in [1.807, 2.05) is 19.1 Å². The van der Waals surface area contributed by atoms with Gasteiger partial charge in [-0.3, -0.25) is 0 Å². The van der Waals surface area contributed by atoms with Gasteiger partial charge in [0, 0.05) is 5.02 Å². The molecule has 0 radical (unpaired) electrons. The van der Waals surface area contributed by atoms with E-state index in [4.69, 9.17) is 11.6 Å². The van der Waals surface area contributed by atoms with Crippen molar-refractivity contribution in [3.63, 3.8) is 0 Å². The van der Waals surface area contributed by atoms with Gasteiger partial charge in [0.25, 0.3) is 0 Å². The Bertz CT molecular complexity index is 768. The van der Waals surface area contributed by atoms with Crippen LogP contribution in [0.4, 0.5) is 0 Å². The molecule has 1 aliphatic rings. The second-order valence-corrected chi connectivity index (χ2v) is 7.63. The van der Waals surface area contributed by atoms with Crippen LogP contribution in [0.2, 0.25) is 5.02 Å². The summed E-state index contributed by atoms with van der Waals surface area (Å²) in [6.07, 6.45) is 3.20. The van der Waals surface area contributed by atoms with Crippen LogP contribution >= 0.6 is 11.6 Å². The fraction of sp³-hybridized carbons (Fsp3) is 0.385. The zero-order valence-electron chi connectivity index (χ0n) is 11.5. The Hall–Kier alpha value is -1.44. The van der Waals surface area contributed by atoms with E-state index >= 15 is 0 Å². The number of hydrogen-bond donors (Lipinski definition) is 1. The van der Waals surface area contributed by atoms with Crippen LogP contribution in [0.25, 0.3) is 5.69 Å². The first-order chi connectivity index (χ1) is 9.95. The van der Waals surface area contributed by atoms with Gasteiger partial charge < -0.3 is 0 Å². The Morgan fingerprint density at radius 2 is 2.19 bits per heavy atom.